The van der Waals surface area contributed by atoms with Crippen LogP contribution < -0.4 is 0 Å². The van der Waals surface area contributed by atoms with Crippen LogP contribution in [0.1, 0.15) is 34.7 Å². The second-order valence-corrected chi connectivity index (χ2v) is 8.04. The highest BCUT2D eigenvalue weighted by atomic mass is 32.1. The number of hydrogen-bond acceptors (Lipinski definition) is 5. The molecule has 0 saturated carbocycles. The third kappa shape index (κ3) is 5.50. The van der Waals surface area contributed by atoms with E-state index < -0.39 is 11.9 Å². The van der Waals surface area contributed by atoms with E-state index in [0.29, 0.717) is 12.2 Å². The predicted octanol–water partition coefficient (Wildman–Crippen LogP) is 3.45. The normalized spacial score (nSPS) is 15.1. The van der Waals surface area contributed by atoms with Crippen LogP contribution >= 0.6 is 11.3 Å². The molecule has 0 unspecified atom stereocenters. The number of aliphatic carboxylic acids is 2. The topological polar surface area (TPSA) is 90.7 Å². The van der Waals surface area contributed by atoms with Gasteiger partial charge in [-0.3, -0.25) is 0 Å². The number of aromatic nitrogens is 1. The maximum Gasteiger partial charge on any atom is 0.328 e. The zero-order chi connectivity index (χ0) is 19.9. The molecule has 0 amide bonds. The van der Waals surface area contributed by atoms with Crippen molar-refractivity contribution in [3.8, 4) is 11.3 Å². The fourth-order valence-electron chi connectivity index (χ4n) is 3.52. The first-order chi connectivity index (χ1) is 13.5. The molecule has 4 rings (SSSR count). The minimum Gasteiger partial charge on any atom is -0.478 e. The highest BCUT2D eigenvalue weighted by Gasteiger charge is 2.22. The minimum atomic E-state index is -1.26. The van der Waals surface area contributed by atoms with Gasteiger partial charge >= 0.3 is 11.9 Å². The van der Waals surface area contributed by atoms with Crippen molar-refractivity contribution in [2.45, 2.75) is 32.1 Å². The van der Waals surface area contributed by atoms with Gasteiger partial charge in [0.1, 0.15) is 0 Å². The number of likely N-dealkylation sites (tertiary alicyclic amines) is 1. The molecular formula is C21H24N2O4S. The molecule has 6 nitrogen and oxygen atoms in total. The van der Waals surface area contributed by atoms with Crippen molar-refractivity contribution in [3.05, 3.63) is 51.9 Å². The van der Waals surface area contributed by atoms with Gasteiger partial charge in [0.2, 0.25) is 0 Å². The molecule has 28 heavy (non-hydrogen) atoms. The average Bonchev–Trinajstić information content (AvgIpc) is 3.37. The van der Waals surface area contributed by atoms with Crippen LogP contribution in [0.2, 0.25) is 0 Å². The first-order valence-corrected chi connectivity index (χ1v) is 10.3. The van der Waals surface area contributed by atoms with E-state index >= 15 is 0 Å². The van der Waals surface area contributed by atoms with Crippen LogP contribution in [0.3, 0.4) is 0 Å². The molecule has 1 fully saturated rings. The van der Waals surface area contributed by atoms with Gasteiger partial charge in [0.05, 0.1) is 10.7 Å². The molecule has 2 aliphatic rings. The molecule has 1 aliphatic heterocycles. The summed E-state index contributed by atoms with van der Waals surface area (Å²) in [5.74, 6) is -2.51. The number of carbonyl (C=O) groups is 2. The molecule has 148 valence electrons. The number of thiazole rings is 1. The van der Waals surface area contributed by atoms with Gasteiger partial charge in [0.15, 0.2) is 0 Å². The molecule has 0 atom stereocenters. The summed E-state index contributed by atoms with van der Waals surface area (Å²) >= 11 is 1.93. The van der Waals surface area contributed by atoms with Crippen molar-refractivity contribution in [1.29, 1.82) is 0 Å². The van der Waals surface area contributed by atoms with Gasteiger partial charge in [-0.1, -0.05) is 24.3 Å². The predicted molar refractivity (Wildman–Crippen MR) is 109 cm³/mol. The fourth-order valence-corrected chi connectivity index (χ4v) is 4.67. The molecule has 2 heterocycles. The van der Waals surface area contributed by atoms with E-state index in [9.17, 15) is 9.59 Å². The van der Waals surface area contributed by atoms with E-state index in [1.807, 2.05) is 11.3 Å². The SMILES string of the molecule is O=C(O)/C=C/C(=O)O.c1ccc2c(c1)Cc1sc(CCCN3CCCC3)nc1-2. The van der Waals surface area contributed by atoms with Crippen LogP contribution in [0, 0.1) is 0 Å². The number of nitrogens with zero attached hydrogens (tertiary/aromatic N) is 2. The summed E-state index contributed by atoms with van der Waals surface area (Å²) in [6, 6.07) is 8.71. The first-order valence-electron chi connectivity index (χ1n) is 9.46. The molecule has 2 N–H and O–H groups in total. The lowest BCUT2D eigenvalue weighted by atomic mass is 10.1. The van der Waals surface area contributed by atoms with Crippen molar-refractivity contribution >= 4 is 23.3 Å². The van der Waals surface area contributed by atoms with Gasteiger partial charge in [-0.15, -0.1) is 11.3 Å². The van der Waals surface area contributed by atoms with E-state index in [1.54, 1.807) is 0 Å². The Labute approximate surface area is 168 Å². The molecule has 1 saturated heterocycles. The molecule has 0 spiro atoms. The van der Waals surface area contributed by atoms with Gasteiger partial charge in [0, 0.05) is 35.4 Å². The van der Waals surface area contributed by atoms with Crippen LogP contribution in [-0.2, 0) is 22.4 Å². The Morgan fingerprint density at radius 1 is 1.11 bits per heavy atom. The Hall–Kier alpha value is -2.51. The van der Waals surface area contributed by atoms with Crippen molar-refractivity contribution in [2.75, 3.05) is 19.6 Å². The minimum absolute atomic E-state index is 0.558. The summed E-state index contributed by atoms with van der Waals surface area (Å²) in [4.78, 5) is 28.1. The maximum atomic E-state index is 9.55. The van der Waals surface area contributed by atoms with Gasteiger partial charge in [-0.2, -0.15) is 0 Å². The van der Waals surface area contributed by atoms with Crippen LogP contribution in [0.5, 0.6) is 0 Å². The first kappa shape index (κ1) is 20.2. The molecular weight excluding hydrogens is 376 g/mol. The Kier molecular flexibility index (Phi) is 6.95. The average molecular weight is 401 g/mol. The van der Waals surface area contributed by atoms with Gasteiger partial charge in [0.25, 0.3) is 0 Å². The number of carboxylic acids is 2. The third-order valence-corrected chi connectivity index (χ3v) is 5.91. The summed E-state index contributed by atoms with van der Waals surface area (Å²) in [6.07, 6.45) is 7.40. The number of benzene rings is 1. The molecule has 0 radical (unpaired) electrons. The number of aryl methyl sites for hydroxylation is 1. The highest BCUT2D eigenvalue weighted by molar-refractivity contribution is 7.12. The molecule has 1 aliphatic carbocycles. The lowest BCUT2D eigenvalue weighted by Gasteiger charge is -2.13. The third-order valence-electron chi connectivity index (χ3n) is 4.80. The maximum absolute atomic E-state index is 9.55. The quantitative estimate of drug-likeness (QED) is 0.616. The highest BCUT2D eigenvalue weighted by Crippen LogP contribution is 2.39. The Balaban J connectivity index is 0.000000242. The summed E-state index contributed by atoms with van der Waals surface area (Å²) in [5, 5.41) is 17.0. The van der Waals surface area contributed by atoms with Gasteiger partial charge < -0.3 is 15.1 Å². The summed E-state index contributed by atoms with van der Waals surface area (Å²) < 4.78 is 0. The lowest BCUT2D eigenvalue weighted by molar-refractivity contribution is -0.134. The van der Waals surface area contributed by atoms with Crippen LogP contribution in [0.15, 0.2) is 36.4 Å². The molecule has 0 bridgehead atoms. The van der Waals surface area contributed by atoms with E-state index in [2.05, 4.69) is 29.2 Å². The second-order valence-electron chi connectivity index (χ2n) is 6.88. The van der Waals surface area contributed by atoms with E-state index in [4.69, 9.17) is 15.2 Å². The summed E-state index contributed by atoms with van der Waals surface area (Å²) in [7, 11) is 0. The van der Waals surface area contributed by atoms with Crippen molar-refractivity contribution < 1.29 is 19.8 Å². The molecule has 2 aromatic rings. The zero-order valence-electron chi connectivity index (χ0n) is 15.6. The Morgan fingerprint density at radius 2 is 1.79 bits per heavy atom. The van der Waals surface area contributed by atoms with Crippen molar-refractivity contribution in [3.63, 3.8) is 0 Å². The van der Waals surface area contributed by atoms with E-state index in [1.165, 1.54) is 65.6 Å². The molecule has 7 heteroatoms. The van der Waals surface area contributed by atoms with Crippen LogP contribution in [0.4, 0.5) is 0 Å². The summed E-state index contributed by atoms with van der Waals surface area (Å²) in [5.41, 5.74) is 4.08. The standard InChI is InChI=1S/C17H20N2S.C4H4O4/c1-2-7-14-13(6-1)12-15-17(14)18-16(20-15)8-5-11-19-9-3-4-10-19;5-3(6)1-2-4(7)8/h1-2,6-7H,3-5,8-12H2;1-2H,(H,5,6)(H,7,8)/b;2-1+. The van der Waals surface area contributed by atoms with E-state index in [0.717, 1.165) is 12.8 Å². The number of hydrogen-bond donors (Lipinski definition) is 2. The largest absolute Gasteiger partial charge is 0.478 e. The van der Waals surface area contributed by atoms with Crippen LogP contribution in [-0.4, -0.2) is 51.7 Å². The lowest BCUT2D eigenvalue weighted by Crippen LogP contribution is -2.20. The second kappa shape index (κ2) is 9.61. The van der Waals surface area contributed by atoms with Crippen molar-refractivity contribution in [2.24, 2.45) is 0 Å². The van der Waals surface area contributed by atoms with Crippen LogP contribution in [0.25, 0.3) is 11.3 Å². The summed E-state index contributed by atoms with van der Waals surface area (Å²) in [6.45, 7) is 3.87. The smallest absolute Gasteiger partial charge is 0.328 e. The Morgan fingerprint density at radius 3 is 2.46 bits per heavy atom. The molecule has 1 aromatic heterocycles. The zero-order valence-corrected chi connectivity index (χ0v) is 16.5. The van der Waals surface area contributed by atoms with E-state index in [-0.39, 0.29) is 0 Å². The molecule has 1 aromatic carbocycles. The van der Waals surface area contributed by atoms with Gasteiger partial charge in [-0.25, -0.2) is 14.6 Å². The fraction of sp³-hybridized carbons (Fsp3) is 0.381. The monoisotopic (exact) mass is 400 g/mol. The number of carboxylic acid groups (broad SMARTS) is 2. The number of fused-ring (bicyclic) bond motifs is 3. The Bertz CT molecular complexity index is 853. The van der Waals surface area contributed by atoms with Crippen molar-refractivity contribution in [1.82, 2.24) is 9.88 Å². The number of rotatable bonds is 6. The van der Waals surface area contributed by atoms with Gasteiger partial charge in [-0.05, 0) is 44.5 Å².